The number of nitrogens with one attached hydrogen (secondary N) is 2. The van der Waals surface area contributed by atoms with Gasteiger partial charge >= 0.3 is 23.9 Å². The van der Waals surface area contributed by atoms with Gasteiger partial charge in [0, 0.05) is 107 Å². The van der Waals surface area contributed by atoms with Crippen LogP contribution in [0.3, 0.4) is 0 Å². The summed E-state index contributed by atoms with van der Waals surface area (Å²) >= 11 is 64.8. The maximum Gasteiger partial charge on any atom is 0.364 e. The number of hydrogen-bond acceptors (Lipinski definition) is 18. The number of carbonyl (C=O) groups excluding carboxylic acids is 3. The number of carbonyl (C=O) groups is 5. The Balaban J connectivity index is 0.000000177. The van der Waals surface area contributed by atoms with Crippen molar-refractivity contribution in [3.8, 4) is 23.4 Å². The van der Waals surface area contributed by atoms with Gasteiger partial charge in [-0.25, -0.2) is 29.3 Å². The number of aliphatic carboxylic acids is 1. The van der Waals surface area contributed by atoms with Gasteiger partial charge in [-0.05, 0) is 239 Å². The number of carboxylic acid groups (broad SMARTS) is 2. The lowest BCUT2D eigenvalue weighted by Gasteiger charge is -2.21. The van der Waals surface area contributed by atoms with Gasteiger partial charge in [0.15, 0.2) is 0 Å². The highest BCUT2D eigenvalue weighted by molar-refractivity contribution is 6.33. The van der Waals surface area contributed by atoms with Crippen LogP contribution in [0.2, 0.25) is 55.2 Å². The Morgan fingerprint density at radius 2 is 0.587 bits per heavy atom. The van der Waals surface area contributed by atoms with Gasteiger partial charge in [0.2, 0.25) is 23.0 Å². The smallest absolute Gasteiger partial charge is 0.364 e. The maximum atomic E-state index is 12.7. The molecule has 716 valence electrons. The number of esters is 2. The Kier molecular flexibility index (Phi) is 44.4. The van der Waals surface area contributed by atoms with E-state index in [0.29, 0.717) is 126 Å². The van der Waals surface area contributed by atoms with Gasteiger partial charge in [0.05, 0.1) is 39.4 Å². The Morgan fingerprint density at radius 3 is 0.877 bits per heavy atom. The first-order chi connectivity index (χ1) is 66.4. The summed E-state index contributed by atoms with van der Waals surface area (Å²) in [7, 11) is 1.62. The third kappa shape index (κ3) is 38.4. The number of aliphatic hydroxyl groups is 1. The van der Waals surface area contributed by atoms with Crippen molar-refractivity contribution in [2.45, 2.75) is 115 Å². The van der Waals surface area contributed by atoms with E-state index in [-0.39, 0.29) is 78.5 Å². The summed E-state index contributed by atoms with van der Waals surface area (Å²) in [6, 6.07) is 89.3. The number of methoxy groups -OCH3 is 1. The maximum absolute atomic E-state index is 12.7. The van der Waals surface area contributed by atoms with Crippen LogP contribution in [-0.4, -0.2) is 136 Å². The van der Waals surface area contributed by atoms with Crippen LogP contribution in [0.1, 0.15) is 112 Å². The van der Waals surface area contributed by atoms with E-state index in [9.17, 15) is 34.2 Å². The van der Waals surface area contributed by atoms with Crippen LogP contribution >= 0.6 is 128 Å². The summed E-state index contributed by atoms with van der Waals surface area (Å²) in [5, 5.41) is 63.0. The summed E-state index contributed by atoms with van der Waals surface area (Å²) < 4.78 is 35.5. The molecule has 0 aliphatic carbocycles. The number of ketones is 1. The van der Waals surface area contributed by atoms with Crippen molar-refractivity contribution in [1.29, 1.82) is 0 Å². The third-order valence-corrected chi connectivity index (χ3v) is 22.9. The van der Waals surface area contributed by atoms with E-state index in [1.165, 1.54) is 0 Å². The monoisotopic (exact) mass is 2080 g/mol. The topological polar surface area (TPSA) is 315 Å². The molecule has 0 saturated carbocycles. The quantitative estimate of drug-likeness (QED) is 0.0228. The molecule has 0 spiro atoms. The number of nitrogens with zero attached hydrogens (tertiary/aromatic N) is 7. The summed E-state index contributed by atoms with van der Waals surface area (Å²) in [4.78, 5) is 58.1. The van der Waals surface area contributed by atoms with Crippen molar-refractivity contribution >= 4 is 157 Å². The molecule has 3 heterocycles. The Labute approximate surface area is 853 Å². The lowest BCUT2D eigenvalue weighted by atomic mass is 10.0. The SMILES string of the molecule is CCOC(=O)c1[nH]nnc1OC(Cc1ccc(Cl)cc1)Cc1ccc(Cl)cc1.CCOC(=O)c1nnn(Cc2ccc(OC)cc2)c1OC(Cc1ccc(Cl)cc1)Cc1ccc(Cl)cc1.O=C(Cc1ccc(Cl)cc1)Cc1ccc(Cl)cc1.O=C(O)Cc1ccc(Cl)cc1.O=C(O)c1[nH]nnc1OC(Cc1ccc(Cl)cc1)Cc1ccc(Cl)cc1.OC(Cc1ccc(Cl)cc1)Cc1ccc(Cl)cc1. The standard InChI is InChI=1S/C28H27Cl2N3O4.C20H19Cl2N3O3.C18H15Cl2N3O3.C15H14Cl2O.C15H12Cl2O.C8H7ClO2/c1-3-36-28(34)26-27(33(32-31-26)18-21-8-14-24(35-2)15-9-21)37-25(16-19-4-10-22(29)11-5-19)17-20-6-12-23(30)13-7-20;1-2-27-20(26)18-19(24-25-23-18)28-17(11-13-3-7-15(21)8-4-13)12-14-5-9-16(22)10-6-14;19-13-5-1-11(2-6-13)9-15(10-12-3-7-14(20)8-4-12)26-17-16(18(24)25)21-23-22-17;2*16-13-5-1-11(2-6-13)9-15(18)10-12-3-7-14(17)8-4-12;9-7-3-1-6(2-4-7)5-8(10)11/h4-15,25H,3,16-18H2,1-2H3;3-10,17H,2,11-12H2,1H3,(H,23,24,25);1-8,15H,9-10H2,(H,24,25)(H,21,22,23);1-8,15,18H,9-10H2;1-8H,9-10H2;1-4H,5H2,(H,10,11). The van der Waals surface area contributed by atoms with Crippen LogP contribution in [0.25, 0.3) is 0 Å². The first-order valence-corrected chi connectivity index (χ1v) is 47.2. The van der Waals surface area contributed by atoms with Crippen molar-refractivity contribution in [2.24, 2.45) is 0 Å². The zero-order valence-electron chi connectivity index (χ0n) is 74.5. The van der Waals surface area contributed by atoms with Gasteiger partial charge in [0.25, 0.3) is 11.8 Å². The van der Waals surface area contributed by atoms with Crippen molar-refractivity contribution < 1.29 is 67.7 Å². The van der Waals surface area contributed by atoms with Crippen LogP contribution < -0.4 is 18.9 Å². The number of halogens is 11. The first kappa shape index (κ1) is 108. The molecule has 0 unspecified atom stereocenters. The highest BCUT2D eigenvalue weighted by Gasteiger charge is 2.29. The van der Waals surface area contributed by atoms with Gasteiger partial charge in [-0.3, -0.25) is 9.59 Å². The van der Waals surface area contributed by atoms with Gasteiger partial charge in [-0.1, -0.05) is 299 Å². The van der Waals surface area contributed by atoms with Crippen molar-refractivity contribution in [2.75, 3.05) is 20.3 Å². The molecule has 0 aliphatic rings. The molecule has 138 heavy (non-hydrogen) atoms. The van der Waals surface area contributed by atoms with E-state index >= 15 is 0 Å². The molecule has 0 fully saturated rings. The number of rotatable bonds is 36. The predicted octanol–water partition coefficient (Wildman–Crippen LogP) is 25.1. The van der Waals surface area contributed by atoms with Crippen LogP contribution in [0.4, 0.5) is 0 Å². The summed E-state index contributed by atoms with van der Waals surface area (Å²) in [5.41, 5.74) is 12.0. The molecule has 23 nitrogen and oxygen atoms in total. The van der Waals surface area contributed by atoms with Gasteiger partial charge < -0.3 is 43.7 Å². The Bertz CT molecular complexity index is 6040. The van der Waals surface area contributed by atoms with Gasteiger partial charge in [-0.15, -0.1) is 5.10 Å². The van der Waals surface area contributed by atoms with Crippen molar-refractivity contribution in [3.05, 3.63) is 430 Å². The number of aromatic amines is 2. The number of aliphatic hydroxyl groups excluding tert-OH is 1. The molecule has 0 radical (unpaired) electrons. The number of benzene rings is 12. The van der Waals surface area contributed by atoms with Gasteiger partial charge in [-0.2, -0.15) is 0 Å². The molecule has 0 bridgehead atoms. The molecule has 3 aromatic heterocycles. The number of aromatic carboxylic acids is 1. The number of ether oxygens (including phenoxy) is 6. The Morgan fingerprint density at radius 1 is 0.326 bits per heavy atom. The molecule has 15 aromatic rings. The van der Waals surface area contributed by atoms with Crippen LogP contribution in [0.15, 0.2) is 291 Å². The molecule has 0 amide bonds. The molecule has 0 atom stereocenters. The van der Waals surface area contributed by atoms with Crippen LogP contribution in [0, 0.1) is 0 Å². The van der Waals surface area contributed by atoms with E-state index in [4.69, 9.17) is 161 Å². The average molecular weight is 2080 g/mol. The number of carboxylic acids is 2. The van der Waals surface area contributed by atoms with Crippen LogP contribution in [-0.2, 0) is 96.2 Å². The summed E-state index contributed by atoms with van der Waals surface area (Å²) in [5.74, 6) is -1.89. The fourth-order valence-corrected chi connectivity index (χ4v) is 14.8. The normalized spacial score (nSPS) is 10.7. The highest BCUT2D eigenvalue weighted by atomic mass is 35.5. The fourth-order valence-electron chi connectivity index (χ4n) is 13.4. The minimum Gasteiger partial charge on any atom is -0.497 e. The second kappa shape index (κ2) is 56.7. The average Bonchev–Trinajstić information content (AvgIpc) is 1.66. The van der Waals surface area contributed by atoms with E-state index in [1.54, 1.807) is 98.4 Å². The third-order valence-electron chi connectivity index (χ3n) is 20.1. The van der Waals surface area contributed by atoms with E-state index in [1.807, 2.05) is 218 Å². The summed E-state index contributed by atoms with van der Waals surface area (Å²) in [6.45, 7) is 4.27. The van der Waals surface area contributed by atoms with Crippen LogP contribution in [0.5, 0.6) is 23.4 Å². The molecule has 12 aromatic carbocycles. The lowest BCUT2D eigenvalue weighted by molar-refractivity contribution is -0.136. The largest absolute Gasteiger partial charge is 0.497 e. The minimum atomic E-state index is -1.18. The molecule has 15 rings (SSSR count). The second-order valence-corrected chi connectivity index (χ2v) is 35.6. The molecule has 34 heteroatoms. The number of aromatic nitrogens is 9. The van der Waals surface area contributed by atoms with E-state index in [2.05, 4.69) is 41.1 Å². The van der Waals surface area contributed by atoms with Gasteiger partial charge in [0.1, 0.15) is 29.8 Å². The molecular formula is C104H94Cl11N9O14. The fraction of sp³-hybridized carbons (Fsp3) is 0.202. The predicted molar refractivity (Wildman–Crippen MR) is 542 cm³/mol. The van der Waals surface area contributed by atoms with E-state index < -0.39 is 30.0 Å². The van der Waals surface area contributed by atoms with E-state index in [0.717, 1.165) is 72.5 Å². The zero-order chi connectivity index (χ0) is 98.8. The summed E-state index contributed by atoms with van der Waals surface area (Å²) in [6.07, 6.45) is 4.19. The first-order valence-electron chi connectivity index (χ1n) is 43.0. The van der Waals surface area contributed by atoms with Crippen molar-refractivity contribution in [3.63, 3.8) is 0 Å². The zero-order valence-corrected chi connectivity index (χ0v) is 82.9. The van der Waals surface area contributed by atoms with Crippen molar-refractivity contribution in [1.82, 2.24) is 45.8 Å². The number of Topliss-reactive ketones (excluding diaryl/α,β-unsaturated/α-hetero) is 1. The molecule has 0 aliphatic heterocycles. The Hall–Kier alpha value is -12.0. The lowest BCUT2D eigenvalue weighted by Crippen LogP contribution is -2.25. The minimum absolute atomic E-state index is 0.0348. The highest BCUT2D eigenvalue weighted by Crippen LogP contribution is 2.29. The molecule has 5 N–H and O–H groups in total. The second-order valence-electron chi connectivity index (χ2n) is 30.8. The number of H-pyrrole nitrogens is 2. The molecule has 0 saturated heterocycles. The molecular weight excluding hydrogens is 1990 g/mol. The number of hydrogen-bond donors (Lipinski definition) is 5.